The molecule has 1 rings (SSSR count). The molecule has 0 aliphatic heterocycles. The van der Waals surface area contributed by atoms with Gasteiger partial charge in [0.2, 0.25) is 11.8 Å². The monoisotopic (exact) mass is 226 g/mol. The summed E-state index contributed by atoms with van der Waals surface area (Å²) in [7, 11) is 4.44. The number of carbonyl (C=O) groups excluding carboxylic acids is 1. The first kappa shape index (κ1) is 12.4. The molecule has 0 saturated carbocycles. The summed E-state index contributed by atoms with van der Waals surface area (Å²) in [6.45, 7) is 0.0445. The predicted octanol–water partition coefficient (Wildman–Crippen LogP) is 0.252. The fraction of sp³-hybridized carbons (Fsp3) is 0.500. The lowest BCUT2D eigenvalue weighted by Gasteiger charge is -2.05. The molecule has 6 heteroatoms. The van der Waals surface area contributed by atoms with Crippen molar-refractivity contribution in [3.8, 4) is 11.8 Å². The normalized spacial score (nSPS) is 9.94. The first-order valence-corrected chi connectivity index (χ1v) is 4.66. The van der Waals surface area contributed by atoms with Crippen LogP contribution < -0.4 is 9.47 Å². The van der Waals surface area contributed by atoms with Gasteiger partial charge in [-0.2, -0.15) is 9.97 Å². The largest absolute Gasteiger partial charge is 0.481 e. The number of hydrogen-bond donors (Lipinski definition) is 0. The van der Waals surface area contributed by atoms with Crippen molar-refractivity contribution >= 4 is 5.78 Å². The van der Waals surface area contributed by atoms with Crippen LogP contribution in [0.3, 0.4) is 0 Å². The smallest absolute Gasteiger partial charge is 0.220 e. The van der Waals surface area contributed by atoms with E-state index in [1.807, 2.05) is 0 Å². The van der Waals surface area contributed by atoms with Crippen LogP contribution >= 0.6 is 0 Å². The van der Waals surface area contributed by atoms with Crippen LogP contribution in [-0.4, -0.2) is 43.7 Å². The van der Waals surface area contributed by atoms with E-state index < -0.39 is 0 Å². The van der Waals surface area contributed by atoms with Gasteiger partial charge in [0.1, 0.15) is 12.4 Å². The standard InChI is InChI=1S/C10H14N2O4/c1-14-6-7(13)4-8-11-9(15-2)5-10(12-8)16-3/h5H,4,6H2,1-3H3. The van der Waals surface area contributed by atoms with Crippen LogP contribution in [0, 0.1) is 0 Å². The molecule has 0 aliphatic carbocycles. The van der Waals surface area contributed by atoms with Gasteiger partial charge in [-0.3, -0.25) is 4.79 Å². The number of methoxy groups -OCH3 is 3. The number of carbonyl (C=O) groups is 1. The fourth-order valence-corrected chi connectivity index (χ4v) is 1.13. The zero-order valence-electron chi connectivity index (χ0n) is 9.52. The molecule has 0 atom stereocenters. The number of nitrogens with zero attached hydrogens (tertiary/aromatic N) is 2. The molecule has 0 fully saturated rings. The SMILES string of the molecule is COCC(=O)Cc1nc(OC)cc(OC)n1. The summed E-state index contributed by atoms with van der Waals surface area (Å²) in [4.78, 5) is 19.4. The molecule has 6 nitrogen and oxygen atoms in total. The second kappa shape index (κ2) is 6.02. The average molecular weight is 226 g/mol. The molecule has 0 bridgehead atoms. The highest BCUT2D eigenvalue weighted by atomic mass is 16.5. The maximum Gasteiger partial charge on any atom is 0.220 e. The fourth-order valence-electron chi connectivity index (χ4n) is 1.13. The zero-order valence-corrected chi connectivity index (χ0v) is 9.52. The Hall–Kier alpha value is -1.69. The van der Waals surface area contributed by atoms with E-state index in [0.29, 0.717) is 17.6 Å². The number of ether oxygens (including phenoxy) is 3. The van der Waals surface area contributed by atoms with Crippen molar-refractivity contribution in [3.63, 3.8) is 0 Å². The topological polar surface area (TPSA) is 70.5 Å². The minimum Gasteiger partial charge on any atom is -0.481 e. The van der Waals surface area contributed by atoms with Gasteiger partial charge in [0.05, 0.1) is 26.7 Å². The summed E-state index contributed by atoms with van der Waals surface area (Å²) in [6, 6.07) is 1.55. The summed E-state index contributed by atoms with van der Waals surface area (Å²) in [5, 5.41) is 0. The second-order valence-corrected chi connectivity index (χ2v) is 3.02. The molecule has 0 saturated heterocycles. The van der Waals surface area contributed by atoms with Crippen molar-refractivity contribution in [2.45, 2.75) is 6.42 Å². The molecule has 0 aromatic carbocycles. The minimum atomic E-state index is -0.0993. The van der Waals surface area contributed by atoms with E-state index in [1.165, 1.54) is 21.3 Å². The molecule has 0 aliphatic rings. The van der Waals surface area contributed by atoms with Gasteiger partial charge in [-0.05, 0) is 0 Å². The lowest BCUT2D eigenvalue weighted by molar-refractivity contribution is -0.122. The molecular weight excluding hydrogens is 212 g/mol. The van der Waals surface area contributed by atoms with Crippen LogP contribution in [0.1, 0.15) is 5.82 Å². The Morgan fingerprint density at radius 2 is 1.75 bits per heavy atom. The van der Waals surface area contributed by atoms with Crippen LogP contribution in [0.25, 0.3) is 0 Å². The summed E-state index contributed by atoms with van der Waals surface area (Å²) in [5.41, 5.74) is 0. The van der Waals surface area contributed by atoms with Gasteiger partial charge in [-0.1, -0.05) is 0 Å². The van der Waals surface area contributed by atoms with E-state index in [4.69, 9.17) is 14.2 Å². The van der Waals surface area contributed by atoms with Crippen molar-refractivity contribution in [2.24, 2.45) is 0 Å². The van der Waals surface area contributed by atoms with E-state index in [9.17, 15) is 4.79 Å². The zero-order chi connectivity index (χ0) is 12.0. The molecule has 88 valence electrons. The first-order valence-electron chi connectivity index (χ1n) is 4.66. The van der Waals surface area contributed by atoms with Crippen molar-refractivity contribution < 1.29 is 19.0 Å². The molecule has 0 radical (unpaired) electrons. The quantitative estimate of drug-likeness (QED) is 0.692. The average Bonchev–Trinajstić information content (AvgIpc) is 2.28. The van der Waals surface area contributed by atoms with E-state index in [0.717, 1.165) is 0 Å². The number of Topliss-reactive ketones (excluding diaryl/α,β-unsaturated/α-hetero) is 1. The maximum absolute atomic E-state index is 11.3. The Morgan fingerprint density at radius 1 is 1.19 bits per heavy atom. The summed E-state index contributed by atoms with van der Waals surface area (Å²) in [5.74, 6) is 0.996. The minimum absolute atomic E-state index is 0.0445. The molecule has 0 amide bonds. The Bertz CT molecular complexity index is 346. The van der Waals surface area contributed by atoms with E-state index in [-0.39, 0.29) is 18.8 Å². The van der Waals surface area contributed by atoms with Crippen LogP contribution in [-0.2, 0) is 16.0 Å². The van der Waals surface area contributed by atoms with Crippen molar-refractivity contribution in [2.75, 3.05) is 27.9 Å². The maximum atomic E-state index is 11.3. The molecule has 1 aromatic heterocycles. The first-order chi connectivity index (χ1) is 7.69. The van der Waals surface area contributed by atoms with E-state index in [1.54, 1.807) is 6.07 Å². The summed E-state index contributed by atoms with van der Waals surface area (Å²) < 4.78 is 14.7. The van der Waals surface area contributed by atoms with Crippen molar-refractivity contribution in [3.05, 3.63) is 11.9 Å². The third-order valence-corrected chi connectivity index (χ3v) is 1.80. The third kappa shape index (κ3) is 3.47. The Balaban J connectivity index is 2.82. The molecule has 16 heavy (non-hydrogen) atoms. The lowest BCUT2D eigenvalue weighted by atomic mass is 10.3. The molecule has 0 unspecified atom stereocenters. The third-order valence-electron chi connectivity index (χ3n) is 1.80. The van der Waals surface area contributed by atoms with Crippen molar-refractivity contribution in [1.82, 2.24) is 9.97 Å². The Morgan fingerprint density at radius 3 is 2.19 bits per heavy atom. The molecule has 1 aromatic rings. The van der Waals surface area contributed by atoms with Crippen LogP contribution in [0.5, 0.6) is 11.8 Å². The molecular formula is C10H14N2O4. The Kier molecular flexibility index (Phi) is 4.65. The number of rotatable bonds is 6. The predicted molar refractivity (Wildman–Crippen MR) is 55.7 cm³/mol. The Labute approximate surface area is 93.6 Å². The molecule has 1 heterocycles. The van der Waals surface area contributed by atoms with E-state index in [2.05, 4.69) is 9.97 Å². The molecule has 0 spiro atoms. The van der Waals surface area contributed by atoms with Crippen LogP contribution in [0.4, 0.5) is 0 Å². The highest BCUT2D eigenvalue weighted by molar-refractivity contribution is 5.81. The summed E-state index contributed by atoms with van der Waals surface area (Å²) >= 11 is 0. The van der Waals surface area contributed by atoms with Gasteiger partial charge in [-0.25, -0.2) is 0 Å². The van der Waals surface area contributed by atoms with Crippen molar-refractivity contribution in [1.29, 1.82) is 0 Å². The highest BCUT2D eigenvalue weighted by Crippen LogP contribution is 2.14. The number of aromatic nitrogens is 2. The number of hydrogen-bond acceptors (Lipinski definition) is 6. The lowest BCUT2D eigenvalue weighted by Crippen LogP contribution is -2.12. The van der Waals surface area contributed by atoms with Crippen LogP contribution in [0.2, 0.25) is 0 Å². The number of ketones is 1. The summed E-state index contributed by atoms with van der Waals surface area (Å²) in [6.07, 6.45) is 0.0986. The van der Waals surface area contributed by atoms with E-state index >= 15 is 0 Å². The molecule has 0 N–H and O–H groups in total. The van der Waals surface area contributed by atoms with Gasteiger partial charge in [0.25, 0.3) is 0 Å². The van der Waals surface area contributed by atoms with Gasteiger partial charge < -0.3 is 14.2 Å². The van der Waals surface area contributed by atoms with Gasteiger partial charge in [0, 0.05) is 7.11 Å². The van der Waals surface area contributed by atoms with Gasteiger partial charge >= 0.3 is 0 Å². The van der Waals surface area contributed by atoms with Gasteiger partial charge in [-0.15, -0.1) is 0 Å². The highest BCUT2D eigenvalue weighted by Gasteiger charge is 2.09. The second-order valence-electron chi connectivity index (χ2n) is 3.02. The van der Waals surface area contributed by atoms with Gasteiger partial charge in [0.15, 0.2) is 5.78 Å². The van der Waals surface area contributed by atoms with Crippen LogP contribution in [0.15, 0.2) is 6.07 Å².